The minimum atomic E-state index is 0.490. The zero-order valence-electron chi connectivity index (χ0n) is 11.0. The quantitative estimate of drug-likeness (QED) is 0.692. The molecule has 0 spiro atoms. The van der Waals surface area contributed by atoms with Crippen LogP contribution in [0.5, 0.6) is 5.88 Å². The first-order valence-corrected chi connectivity index (χ1v) is 9.54. The molecule has 3 N–H and O–H groups in total. The Kier molecular flexibility index (Phi) is 5.95. The van der Waals surface area contributed by atoms with E-state index in [1.54, 1.807) is 25.4 Å². The minimum absolute atomic E-state index is 0.490. The van der Waals surface area contributed by atoms with E-state index in [-0.39, 0.29) is 0 Å². The number of nitrogens with one attached hydrogen (secondary N) is 1. The summed E-state index contributed by atoms with van der Waals surface area (Å²) in [6.45, 7) is 0. The zero-order chi connectivity index (χ0) is 15.2. The highest BCUT2D eigenvalue weighted by atomic mass is 127. The lowest BCUT2D eigenvalue weighted by molar-refractivity contribution is 0.397. The smallest absolute Gasteiger partial charge is 0.216 e. The van der Waals surface area contributed by atoms with Gasteiger partial charge in [-0.1, -0.05) is 11.6 Å². The lowest BCUT2D eigenvalue weighted by Crippen LogP contribution is -1.98. The molecule has 0 atom stereocenters. The number of hydrogen-bond acceptors (Lipinski definition) is 6. The van der Waals surface area contributed by atoms with Crippen molar-refractivity contribution < 1.29 is 4.74 Å². The minimum Gasteiger partial charge on any atom is -0.481 e. The molecule has 2 rings (SSSR count). The number of benzene rings is 1. The molecule has 0 aliphatic carbocycles. The highest BCUT2D eigenvalue weighted by Crippen LogP contribution is 2.31. The van der Waals surface area contributed by atoms with Gasteiger partial charge in [0.1, 0.15) is 6.33 Å². The molecule has 0 saturated carbocycles. The van der Waals surface area contributed by atoms with Crippen molar-refractivity contribution in [2.24, 2.45) is 5.73 Å². The molecule has 0 aliphatic heterocycles. The third-order valence-corrected chi connectivity index (χ3v) is 4.62. The summed E-state index contributed by atoms with van der Waals surface area (Å²) < 4.78 is 5.12. The topological polar surface area (TPSA) is 73.1 Å². The molecule has 110 valence electrons. The fourth-order valence-electron chi connectivity index (χ4n) is 1.62. The van der Waals surface area contributed by atoms with E-state index in [0.29, 0.717) is 21.6 Å². The van der Waals surface area contributed by atoms with E-state index in [9.17, 15) is 0 Å². The molecule has 1 heterocycles. The second-order valence-electron chi connectivity index (χ2n) is 3.90. The first kappa shape index (κ1) is 16.2. The maximum atomic E-state index is 6.08. The van der Waals surface area contributed by atoms with Gasteiger partial charge in [0.25, 0.3) is 0 Å². The van der Waals surface area contributed by atoms with Crippen LogP contribution in [0.15, 0.2) is 41.8 Å². The summed E-state index contributed by atoms with van der Waals surface area (Å²) in [6, 6.07) is 7.24. The number of ether oxygens (including phenoxy) is 1. The normalized spacial score (nSPS) is 11.3. The van der Waals surface area contributed by atoms with Crippen LogP contribution in [-0.2, 0) is 0 Å². The highest BCUT2D eigenvalue weighted by Gasteiger charge is 2.08. The second kappa shape index (κ2) is 7.71. The molecule has 1 aromatic carbocycles. The van der Waals surface area contributed by atoms with Crippen LogP contribution in [0.4, 0.5) is 5.69 Å². The summed E-state index contributed by atoms with van der Waals surface area (Å²) >= 11 is 8.20. The standard InChI is InChI=1S/C13H12ClIN4OS/c1-20-13-5-11(18-7-19-13)9-4-8(14)2-3-10(9)17-6-12(16)21-15/h2-7,17H,16H2,1H3/b12-6+. The van der Waals surface area contributed by atoms with Crippen molar-refractivity contribution in [3.05, 3.63) is 46.8 Å². The van der Waals surface area contributed by atoms with Gasteiger partial charge in [0.15, 0.2) is 0 Å². The fraction of sp³-hybridized carbons (Fsp3) is 0.0769. The highest BCUT2D eigenvalue weighted by molar-refractivity contribution is 14.2. The summed E-state index contributed by atoms with van der Waals surface area (Å²) in [5, 5.41) is 4.44. The number of halogens is 2. The van der Waals surface area contributed by atoms with E-state index in [4.69, 9.17) is 22.1 Å². The maximum absolute atomic E-state index is 6.08. The lowest BCUT2D eigenvalue weighted by atomic mass is 10.1. The Hall–Kier alpha value is -1.19. The molecule has 0 fully saturated rings. The number of rotatable bonds is 5. The van der Waals surface area contributed by atoms with Crippen LogP contribution in [0.3, 0.4) is 0 Å². The van der Waals surface area contributed by atoms with E-state index in [1.165, 1.54) is 15.3 Å². The molecule has 8 heteroatoms. The average molecular weight is 435 g/mol. The van der Waals surface area contributed by atoms with Crippen molar-refractivity contribution in [3.63, 3.8) is 0 Å². The van der Waals surface area contributed by atoms with Crippen molar-refractivity contribution in [1.82, 2.24) is 9.97 Å². The molecule has 5 nitrogen and oxygen atoms in total. The molecular formula is C13H12ClIN4OS. The first-order chi connectivity index (χ1) is 10.1. The number of methoxy groups -OCH3 is 1. The van der Waals surface area contributed by atoms with E-state index in [1.807, 2.05) is 12.1 Å². The van der Waals surface area contributed by atoms with E-state index in [2.05, 4.69) is 36.5 Å². The Labute approximate surface area is 143 Å². The Balaban J connectivity index is 2.43. The molecule has 0 saturated heterocycles. The molecule has 0 radical (unpaired) electrons. The monoisotopic (exact) mass is 434 g/mol. The number of anilines is 1. The average Bonchev–Trinajstić information content (AvgIpc) is 2.53. The Morgan fingerprint density at radius 2 is 2.24 bits per heavy atom. The molecule has 0 amide bonds. The predicted molar refractivity (Wildman–Crippen MR) is 96.5 cm³/mol. The van der Waals surface area contributed by atoms with E-state index < -0.39 is 0 Å². The molecule has 1 aromatic heterocycles. The van der Waals surface area contributed by atoms with Gasteiger partial charge in [-0.3, -0.25) is 0 Å². The van der Waals surface area contributed by atoms with Gasteiger partial charge in [-0.15, -0.1) is 0 Å². The largest absolute Gasteiger partial charge is 0.481 e. The van der Waals surface area contributed by atoms with Crippen LogP contribution in [0, 0.1) is 0 Å². The fourth-order valence-corrected chi connectivity index (χ4v) is 2.28. The summed E-state index contributed by atoms with van der Waals surface area (Å²) in [7, 11) is 2.99. The Morgan fingerprint density at radius 3 is 2.95 bits per heavy atom. The zero-order valence-corrected chi connectivity index (χ0v) is 14.7. The number of aromatic nitrogens is 2. The van der Waals surface area contributed by atoms with E-state index >= 15 is 0 Å². The first-order valence-electron chi connectivity index (χ1n) is 5.80. The van der Waals surface area contributed by atoms with Crippen molar-refractivity contribution in [1.29, 1.82) is 0 Å². The second-order valence-corrected chi connectivity index (χ2v) is 6.29. The van der Waals surface area contributed by atoms with Gasteiger partial charge < -0.3 is 15.8 Å². The summed E-state index contributed by atoms with van der Waals surface area (Å²) in [5.74, 6) is 0.490. The third kappa shape index (κ3) is 4.39. The van der Waals surface area contributed by atoms with Crippen LogP contribution in [0.2, 0.25) is 5.02 Å². The van der Waals surface area contributed by atoms with Crippen LogP contribution < -0.4 is 15.8 Å². The number of nitrogens with zero attached hydrogens (tertiary/aromatic N) is 2. The third-order valence-electron chi connectivity index (χ3n) is 2.57. The summed E-state index contributed by atoms with van der Waals surface area (Å²) in [5.41, 5.74) is 8.16. The molecule has 2 aromatic rings. The van der Waals surface area contributed by atoms with Crippen LogP contribution in [0.25, 0.3) is 11.3 Å². The number of nitrogens with two attached hydrogens (primary N) is 1. The van der Waals surface area contributed by atoms with E-state index in [0.717, 1.165) is 11.3 Å². The van der Waals surface area contributed by atoms with Gasteiger partial charge in [-0.25, -0.2) is 9.97 Å². The van der Waals surface area contributed by atoms with Crippen LogP contribution in [0.1, 0.15) is 0 Å². The molecule has 0 unspecified atom stereocenters. The predicted octanol–water partition coefficient (Wildman–Crippen LogP) is 4.06. The van der Waals surface area contributed by atoms with Gasteiger partial charge in [0, 0.05) is 49.7 Å². The van der Waals surface area contributed by atoms with Crippen LogP contribution >= 0.6 is 41.7 Å². The van der Waals surface area contributed by atoms with Gasteiger partial charge >= 0.3 is 0 Å². The van der Waals surface area contributed by atoms with Crippen molar-refractivity contribution >= 4 is 47.4 Å². The molecule has 0 aliphatic rings. The molecular weight excluding hydrogens is 423 g/mol. The van der Waals surface area contributed by atoms with Crippen molar-refractivity contribution in [2.45, 2.75) is 0 Å². The van der Waals surface area contributed by atoms with Crippen LogP contribution in [-0.4, -0.2) is 17.1 Å². The van der Waals surface area contributed by atoms with Crippen molar-refractivity contribution in [3.8, 4) is 17.1 Å². The maximum Gasteiger partial charge on any atom is 0.216 e. The number of hydrogen-bond donors (Lipinski definition) is 2. The Morgan fingerprint density at radius 1 is 1.43 bits per heavy atom. The van der Waals surface area contributed by atoms with Gasteiger partial charge in [0.2, 0.25) is 5.88 Å². The summed E-state index contributed by atoms with van der Waals surface area (Å²) in [4.78, 5) is 8.26. The van der Waals surface area contributed by atoms with Gasteiger partial charge in [0.05, 0.1) is 17.8 Å². The van der Waals surface area contributed by atoms with Gasteiger partial charge in [-0.05, 0) is 27.1 Å². The Bertz CT molecular complexity index is 668. The summed E-state index contributed by atoms with van der Waals surface area (Å²) in [6.07, 6.45) is 3.17. The van der Waals surface area contributed by atoms with Crippen molar-refractivity contribution in [2.75, 3.05) is 12.4 Å². The van der Waals surface area contributed by atoms with Gasteiger partial charge in [-0.2, -0.15) is 0 Å². The molecule has 0 bridgehead atoms. The molecule has 21 heavy (non-hydrogen) atoms. The lowest BCUT2D eigenvalue weighted by Gasteiger charge is -2.10. The SMILES string of the molecule is COc1cc(-c2cc(Cl)ccc2N/C=C(\N)SI)ncn1.